The van der Waals surface area contributed by atoms with Gasteiger partial charge in [-0.25, -0.2) is 13.2 Å². The van der Waals surface area contributed by atoms with E-state index >= 15 is 0 Å². The van der Waals surface area contributed by atoms with E-state index in [1.54, 1.807) is 12.1 Å². The number of benzene rings is 2. The van der Waals surface area contributed by atoms with Gasteiger partial charge < -0.3 is 19.7 Å². The molecule has 6 nitrogen and oxygen atoms in total. The third-order valence-corrected chi connectivity index (χ3v) is 4.55. The van der Waals surface area contributed by atoms with E-state index in [9.17, 15) is 22.8 Å². The van der Waals surface area contributed by atoms with E-state index in [4.69, 9.17) is 9.47 Å². The molecular weight excluding hydrogens is 401 g/mol. The van der Waals surface area contributed by atoms with Crippen molar-refractivity contribution in [2.75, 3.05) is 25.2 Å². The number of hydrogen-bond donors (Lipinski definition) is 1. The minimum absolute atomic E-state index is 0.159. The molecule has 2 amide bonds. The zero-order valence-electron chi connectivity index (χ0n) is 16.3. The molecule has 0 saturated heterocycles. The van der Waals surface area contributed by atoms with Crippen LogP contribution in [0.1, 0.15) is 25.3 Å². The summed E-state index contributed by atoms with van der Waals surface area (Å²) in [5, 5.41) is 2.18. The Labute approximate surface area is 171 Å². The first-order valence-corrected chi connectivity index (χ1v) is 9.48. The summed E-state index contributed by atoms with van der Waals surface area (Å²) in [4.78, 5) is 26.2. The number of rotatable bonds is 8. The Kier molecular flexibility index (Phi) is 6.81. The van der Waals surface area contributed by atoms with Gasteiger partial charge in [-0.3, -0.25) is 9.59 Å². The van der Waals surface area contributed by atoms with E-state index in [-0.39, 0.29) is 25.7 Å². The second-order valence-electron chi connectivity index (χ2n) is 6.77. The monoisotopic (exact) mass is 422 g/mol. The Morgan fingerprint density at radius 1 is 1.07 bits per heavy atom. The molecule has 0 atom stereocenters. The Balaban J connectivity index is 1.58. The third kappa shape index (κ3) is 5.03. The van der Waals surface area contributed by atoms with Crippen molar-refractivity contribution in [2.45, 2.75) is 26.2 Å². The van der Waals surface area contributed by atoms with Crippen LogP contribution in [0.5, 0.6) is 11.5 Å². The van der Waals surface area contributed by atoms with Crippen LogP contribution in [0.4, 0.5) is 18.9 Å². The van der Waals surface area contributed by atoms with E-state index in [2.05, 4.69) is 5.32 Å². The van der Waals surface area contributed by atoms with Crippen LogP contribution in [0.3, 0.4) is 0 Å². The summed E-state index contributed by atoms with van der Waals surface area (Å²) in [5.41, 5.74) is 0.403. The molecule has 1 heterocycles. The fourth-order valence-electron chi connectivity index (χ4n) is 3.05. The normalized spacial score (nSPS) is 12.0. The van der Waals surface area contributed by atoms with Crippen molar-refractivity contribution in [3.8, 4) is 11.5 Å². The Morgan fingerprint density at radius 3 is 2.60 bits per heavy atom. The number of nitrogens with one attached hydrogen (secondary N) is 1. The smallest absolute Gasteiger partial charge is 0.244 e. The van der Waals surface area contributed by atoms with Crippen molar-refractivity contribution in [2.24, 2.45) is 0 Å². The van der Waals surface area contributed by atoms with Gasteiger partial charge in [0, 0.05) is 13.0 Å². The number of aryl methyl sites for hydroxylation is 1. The van der Waals surface area contributed by atoms with Gasteiger partial charge in [0.1, 0.15) is 0 Å². The van der Waals surface area contributed by atoms with Gasteiger partial charge in [0.2, 0.25) is 18.6 Å². The van der Waals surface area contributed by atoms with Gasteiger partial charge >= 0.3 is 0 Å². The average molecular weight is 422 g/mol. The van der Waals surface area contributed by atoms with Crippen LogP contribution < -0.4 is 14.8 Å². The van der Waals surface area contributed by atoms with Crippen molar-refractivity contribution >= 4 is 17.5 Å². The van der Waals surface area contributed by atoms with Gasteiger partial charge in [-0.1, -0.05) is 13.0 Å². The van der Waals surface area contributed by atoms with Crippen molar-refractivity contribution in [3.63, 3.8) is 0 Å². The maximum absolute atomic E-state index is 13.7. The van der Waals surface area contributed by atoms with Gasteiger partial charge in [0.25, 0.3) is 0 Å². The molecule has 2 aromatic carbocycles. The number of hydrogen-bond acceptors (Lipinski definition) is 4. The third-order valence-electron chi connectivity index (χ3n) is 4.55. The molecule has 0 aliphatic carbocycles. The topological polar surface area (TPSA) is 67.9 Å². The summed E-state index contributed by atoms with van der Waals surface area (Å²) in [5.74, 6) is -4.19. The van der Waals surface area contributed by atoms with E-state index in [0.717, 1.165) is 11.6 Å². The van der Waals surface area contributed by atoms with Gasteiger partial charge in [0.05, 0.1) is 12.2 Å². The molecule has 0 unspecified atom stereocenters. The lowest BCUT2D eigenvalue weighted by atomic mass is 10.1. The second-order valence-corrected chi connectivity index (χ2v) is 6.77. The van der Waals surface area contributed by atoms with Crippen LogP contribution in [0, 0.1) is 17.5 Å². The minimum Gasteiger partial charge on any atom is -0.454 e. The predicted molar refractivity (Wildman–Crippen MR) is 103 cm³/mol. The van der Waals surface area contributed by atoms with Crippen LogP contribution in [-0.2, 0) is 16.0 Å². The number of carbonyl (C=O) groups excluding carboxylic acids is 2. The fraction of sp³-hybridized carbons (Fsp3) is 0.333. The molecule has 30 heavy (non-hydrogen) atoms. The van der Waals surface area contributed by atoms with Crippen LogP contribution in [0.15, 0.2) is 30.3 Å². The molecular formula is C21H21F3N2O4. The fourth-order valence-corrected chi connectivity index (χ4v) is 3.05. The van der Waals surface area contributed by atoms with E-state index < -0.39 is 29.0 Å². The zero-order chi connectivity index (χ0) is 21.7. The number of carbonyl (C=O) groups is 2. The lowest BCUT2D eigenvalue weighted by Crippen LogP contribution is -2.38. The highest BCUT2D eigenvalue weighted by molar-refractivity contribution is 5.94. The Bertz CT molecular complexity index is 952. The number of ether oxygens (including phenoxy) is 2. The summed E-state index contributed by atoms with van der Waals surface area (Å²) in [6.07, 6.45) is 1.21. The van der Waals surface area contributed by atoms with E-state index in [1.165, 1.54) is 4.90 Å². The average Bonchev–Trinajstić information content (AvgIpc) is 3.20. The maximum Gasteiger partial charge on any atom is 0.244 e. The zero-order valence-corrected chi connectivity index (χ0v) is 16.3. The van der Waals surface area contributed by atoms with Gasteiger partial charge in [0.15, 0.2) is 29.0 Å². The number of nitrogens with zero attached hydrogens (tertiary/aromatic N) is 1. The first kappa shape index (κ1) is 21.5. The number of amides is 2. The SMILES string of the molecule is CCCN(CC(=O)Nc1ccc(F)c(F)c1F)C(=O)CCc1ccc2c(c1)OCO2. The Morgan fingerprint density at radius 2 is 1.83 bits per heavy atom. The van der Waals surface area contributed by atoms with Gasteiger partial charge in [-0.2, -0.15) is 0 Å². The van der Waals surface area contributed by atoms with E-state index in [1.807, 2.05) is 13.0 Å². The highest BCUT2D eigenvalue weighted by atomic mass is 19.2. The van der Waals surface area contributed by atoms with Crippen molar-refractivity contribution in [1.29, 1.82) is 0 Å². The molecule has 0 spiro atoms. The molecule has 0 fully saturated rings. The molecule has 0 bridgehead atoms. The first-order chi connectivity index (χ1) is 14.4. The molecule has 160 valence electrons. The molecule has 0 aromatic heterocycles. The Hall–Kier alpha value is -3.23. The predicted octanol–water partition coefficient (Wildman–Crippen LogP) is 3.64. The largest absolute Gasteiger partial charge is 0.454 e. The van der Waals surface area contributed by atoms with Gasteiger partial charge in [-0.15, -0.1) is 0 Å². The van der Waals surface area contributed by atoms with Crippen molar-refractivity contribution < 1.29 is 32.2 Å². The summed E-state index contributed by atoms with van der Waals surface area (Å²) in [6, 6.07) is 7.06. The summed E-state index contributed by atoms with van der Waals surface area (Å²) in [7, 11) is 0. The van der Waals surface area contributed by atoms with Crippen LogP contribution in [0.2, 0.25) is 0 Å². The molecule has 0 radical (unpaired) electrons. The van der Waals surface area contributed by atoms with Crippen molar-refractivity contribution in [1.82, 2.24) is 4.90 Å². The van der Waals surface area contributed by atoms with Crippen molar-refractivity contribution in [3.05, 3.63) is 53.3 Å². The number of halogens is 3. The highest BCUT2D eigenvalue weighted by Gasteiger charge is 2.20. The molecule has 0 saturated carbocycles. The lowest BCUT2D eigenvalue weighted by molar-refractivity contribution is -0.134. The second kappa shape index (κ2) is 9.51. The first-order valence-electron chi connectivity index (χ1n) is 9.48. The molecule has 1 aliphatic rings. The summed E-state index contributed by atoms with van der Waals surface area (Å²) < 4.78 is 50.6. The quantitative estimate of drug-likeness (QED) is 0.660. The number of fused-ring (bicyclic) bond motifs is 1. The molecule has 9 heteroatoms. The lowest BCUT2D eigenvalue weighted by Gasteiger charge is -2.22. The van der Waals surface area contributed by atoms with Crippen LogP contribution >= 0.6 is 0 Å². The molecule has 1 aliphatic heterocycles. The molecule has 2 aromatic rings. The summed E-state index contributed by atoms with van der Waals surface area (Å²) in [6.45, 7) is 2.01. The summed E-state index contributed by atoms with van der Waals surface area (Å²) >= 11 is 0. The molecule has 3 rings (SSSR count). The maximum atomic E-state index is 13.7. The standard InChI is InChI=1S/C21H21F3N2O4/c1-2-9-26(11-18(27)25-15-6-5-14(22)20(23)21(15)24)19(28)8-4-13-3-7-16-17(10-13)30-12-29-16/h3,5-7,10H,2,4,8-9,11-12H2,1H3,(H,25,27). The number of anilines is 1. The van der Waals surface area contributed by atoms with Gasteiger partial charge in [-0.05, 0) is 42.7 Å². The highest BCUT2D eigenvalue weighted by Crippen LogP contribution is 2.32. The molecule has 1 N–H and O–H groups in total. The van der Waals surface area contributed by atoms with E-state index in [0.29, 0.717) is 37.0 Å². The van der Waals surface area contributed by atoms with Crippen LogP contribution in [0.25, 0.3) is 0 Å². The van der Waals surface area contributed by atoms with Crippen LogP contribution in [-0.4, -0.2) is 36.6 Å². The minimum atomic E-state index is -1.67.